The number of benzene rings is 1. The first-order valence-corrected chi connectivity index (χ1v) is 13.0. The average molecular weight is 580 g/mol. The number of fused-ring (bicyclic) bond motifs is 1. The molecule has 0 aliphatic heterocycles. The van der Waals surface area contributed by atoms with Crippen LogP contribution in [0.3, 0.4) is 0 Å². The van der Waals surface area contributed by atoms with E-state index in [2.05, 4.69) is 37.0 Å². The highest BCUT2D eigenvalue weighted by Gasteiger charge is 2.47. The van der Waals surface area contributed by atoms with E-state index >= 15 is 0 Å². The molecule has 0 aliphatic carbocycles. The molecule has 42 heavy (non-hydrogen) atoms. The van der Waals surface area contributed by atoms with Crippen molar-refractivity contribution in [2.24, 2.45) is 5.41 Å². The fourth-order valence-corrected chi connectivity index (χ4v) is 4.22. The standard InChI is InChI=1S/C29H29F4N9/c1-16-20(7-8-23(30)38-16)26(22-14-42(41-40-22)27(2,3)4)39-19-9-17(11-34)24-21(10-19)25(18(12-35)13-36-24)37-15-28(5,6)29(31,32)33/h7-10,13-14,26,39H,15H2,1-6H3,(H,36,37). The van der Waals surface area contributed by atoms with Crippen molar-refractivity contribution in [3.8, 4) is 12.1 Å². The van der Waals surface area contributed by atoms with Crippen molar-refractivity contribution in [3.05, 3.63) is 70.7 Å². The van der Waals surface area contributed by atoms with Crippen LogP contribution in [0.4, 0.5) is 28.9 Å². The van der Waals surface area contributed by atoms with Gasteiger partial charge in [-0.05, 0) is 59.7 Å². The SMILES string of the molecule is Cc1nc(F)ccc1C(Nc1cc(C#N)c2ncc(C#N)c(NCC(C)(C)C(F)(F)F)c2c1)c1cn(C(C)(C)C)nn1. The molecule has 13 heteroatoms. The Morgan fingerprint density at radius 3 is 2.29 bits per heavy atom. The summed E-state index contributed by atoms with van der Waals surface area (Å²) in [5.74, 6) is -0.654. The molecule has 0 fully saturated rings. The average Bonchev–Trinajstić information content (AvgIpc) is 3.40. The molecule has 0 aliphatic rings. The molecule has 0 radical (unpaired) electrons. The summed E-state index contributed by atoms with van der Waals surface area (Å²) >= 11 is 0. The predicted molar refractivity (Wildman–Crippen MR) is 149 cm³/mol. The minimum Gasteiger partial charge on any atom is -0.382 e. The molecular weight excluding hydrogens is 550 g/mol. The van der Waals surface area contributed by atoms with Gasteiger partial charge < -0.3 is 10.6 Å². The van der Waals surface area contributed by atoms with Crippen LogP contribution in [0.5, 0.6) is 0 Å². The van der Waals surface area contributed by atoms with E-state index in [9.17, 15) is 28.1 Å². The third-order valence-electron chi connectivity index (χ3n) is 6.90. The zero-order valence-corrected chi connectivity index (χ0v) is 23.9. The molecule has 1 aromatic carbocycles. The lowest BCUT2D eigenvalue weighted by Gasteiger charge is -2.28. The van der Waals surface area contributed by atoms with Crippen LogP contribution in [0, 0.1) is 40.9 Å². The highest BCUT2D eigenvalue weighted by atomic mass is 19.4. The number of nitriles is 2. The summed E-state index contributed by atoms with van der Waals surface area (Å²) in [4.78, 5) is 8.20. The Bertz CT molecular complexity index is 1720. The molecule has 1 unspecified atom stereocenters. The van der Waals surface area contributed by atoms with Crippen LogP contribution in [-0.2, 0) is 5.54 Å². The summed E-state index contributed by atoms with van der Waals surface area (Å²) in [6.45, 7) is 9.09. The first kappa shape index (κ1) is 30.2. The second-order valence-electron chi connectivity index (χ2n) is 11.6. The van der Waals surface area contributed by atoms with Crippen molar-refractivity contribution in [2.75, 3.05) is 17.2 Å². The Labute approximate surface area is 240 Å². The molecule has 0 bridgehead atoms. The zero-order valence-electron chi connectivity index (χ0n) is 23.9. The van der Waals surface area contributed by atoms with Crippen LogP contribution in [0.2, 0.25) is 0 Å². The number of nitrogens with one attached hydrogen (secondary N) is 2. The van der Waals surface area contributed by atoms with Gasteiger partial charge in [-0.25, -0.2) is 9.67 Å². The van der Waals surface area contributed by atoms with Crippen molar-refractivity contribution in [3.63, 3.8) is 0 Å². The molecule has 4 rings (SSSR count). The summed E-state index contributed by atoms with van der Waals surface area (Å²) in [5.41, 5.74) is -0.169. The maximum atomic E-state index is 13.9. The fraction of sp³-hybridized carbons (Fsp3) is 0.379. The molecule has 0 saturated heterocycles. The number of anilines is 2. The van der Waals surface area contributed by atoms with Gasteiger partial charge >= 0.3 is 6.18 Å². The summed E-state index contributed by atoms with van der Waals surface area (Å²) in [6.07, 6.45) is -1.53. The van der Waals surface area contributed by atoms with Crippen LogP contribution < -0.4 is 10.6 Å². The quantitative estimate of drug-likeness (QED) is 0.191. The van der Waals surface area contributed by atoms with E-state index in [1.54, 1.807) is 29.9 Å². The van der Waals surface area contributed by atoms with Crippen LogP contribution in [0.25, 0.3) is 10.9 Å². The van der Waals surface area contributed by atoms with Crippen LogP contribution in [0.1, 0.15) is 68.7 Å². The Balaban J connectivity index is 1.87. The third-order valence-corrected chi connectivity index (χ3v) is 6.90. The van der Waals surface area contributed by atoms with Crippen molar-refractivity contribution in [2.45, 2.75) is 59.3 Å². The monoisotopic (exact) mass is 579 g/mol. The first-order chi connectivity index (χ1) is 19.6. The summed E-state index contributed by atoms with van der Waals surface area (Å²) in [7, 11) is 0. The molecule has 0 spiro atoms. The lowest BCUT2D eigenvalue weighted by molar-refractivity contribution is -0.206. The molecule has 2 N–H and O–H groups in total. The van der Waals surface area contributed by atoms with E-state index in [1.165, 1.54) is 18.3 Å². The van der Waals surface area contributed by atoms with Gasteiger partial charge in [0.2, 0.25) is 5.95 Å². The second kappa shape index (κ2) is 10.9. The minimum atomic E-state index is -4.50. The Morgan fingerprint density at radius 2 is 1.71 bits per heavy atom. The summed E-state index contributed by atoms with van der Waals surface area (Å²) in [6, 6.07) is 9.27. The van der Waals surface area contributed by atoms with Crippen LogP contribution in [-0.4, -0.2) is 37.7 Å². The maximum Gasteiger partial charge on any atom is 0.395 e. The van der Waals surface area contributed by atoms with Gasteiger partial charge in [-0.3, -0.25) is 4.98 Å². The molecule has 4 aromatic rings. The van der Waals surface area contributed by atoms with Gasteiger partial charge in [-0.2, -0.15) is 28.1 Å². The Kier molecular flexibility index (Phi) is 7.83. The fourth-order valence-electron chi connectivity index (χ4n) is 4.22. The number of pyridine rings is 2. The Morgan fingerprint density at radius 1 is 1.02 bits per heavy atom. The zero-order chi connectivity index (χ0) is 31.0. The first-order valence-electron chi connectivity index (χ1n) is 13.0. The third kappa shape index (κ3) is 5.96. The lowest BCUT2D eigenvalue weighted by atomic mass is 9.92. The molecule has 1 atom stereocenters. The highest BCUT2D eigenvalue weighted by molar-refractivity contribution is 5.99. The van der Waals surface area contributed by atoms with Crippen molar-refractivity contribution < 1.29 is 17.6 Å². The Hall–Kier alpha value is -4.78. The number of hydrogen-bond acceptors (Lipinski definition) is 8. The summed E-state index contributed by atoms with van der Waals surface area (Å²) < 4.78 is 56.4. The second-order valence-corrected chi connectivity index (χ2v) is 11.6. The van der Waals surface area contributed by atoms with Gasteiger partial charge in [0, 0.05) is 35.1 Å². The summed E-state index contributed by atoms with van der Waals surface area (Å²) in [5, 5.41) is 34.7. The number of aromatic nitrogens is 5. The number of halogens is 4. The van der Waals surface area contributed by atoms with Gasteiger partial charge in [0.05, 0.1) is 45.5 Å². The normalized spacial score (nSPS) is 13.0. The smallest absolute Gasteiger partial charge is 0.382 e. The molecule has 3 aromatic heterocycles. The van der Waals surface area contributed by atoms with E-state index in [-0.39, 0.29) is 33.3 Å². The maximum absolute atomic E-state index is 13.9. The van der Waals surface area contributed by atoms with E-state index in [0.717, 1.165) is 13.8 Å². The van der Waals surface area contributed by atoms with Gasteiger partial charge in [0.15, 0.2) is 0 Å². The highest BCUT2D eigenvalue weighted by Crippen LogP contribution is 2.39. The van der Waals surface area contributed by atoms with E-state index in [0.29, 0.717) is 22.6 Å². The predicted octanol–water partition coefficient (Wildman–Crippen LogP) is 6.37. The molecule has 218 valence electrons. The number of nitrogens with zero attached hydrogens (tertiary/aromatic N) is 7. The number of alkyl halides is 3. The van der Waals surface area contributed by atoms with Crippen molar-refractivity contribution in [1.82, 2.24) is 25.0 Å². The largest absolute Gasteiger partial charge is 0.395 e. The van der Waals surface area contributed by atoms with Gasteiger partial charge in [0.25, 0.3) is 0 Å². The van der Waals surface area contributed by atoms with Crippen LogP contribution >= 0.6 is 0 Å². The lowest BCUT2D eigenvalue weighted by Crippen LogP contribution is -2.38. The van der Waals surface area contributed by atoms with Gasteiger partial charge in [-0.15, -0.1) is 5.10 Å². The number of rotatable bonds is 7. The van der Waals surface area contributed by atoms with Gasteiger partial charge in [0.1, 0.15) is 17.8 Å². The van der Waals surface area contributed by atoms with Crippen LogP contribution in [0.15, 0.2) is 36.7 Å². The van der Waals surface area contributed by atoms with E-state index in [4.69, 9.17) is 0 Å². The van der Waals surface area contributed by atoms with E-state index < -0.39 is 30.1 Å². The molecular formula is C29H29F4N9. The number of hydrogen-bond donors (Lipinski definition) is 2. The molecule has 0 amide bonds. The topological polar surface area (TPSA) is 128 Å². The van der Waals surface area contributed by atoms with Crippen molar-refractivity contribution in [1.29, 1.82) is 10.5 Å². The molecule has 0 saturated carbocycles. The van der Waals surface area contributed by atoms with Gasteiger partial charge in [-0.1, -0.05) is 11.3 Å². The van der Waals surface area contributed by atoms with E-state index in [1.807, 2.05) is 26.8 Å². The number of aryl methyl sites for hydroxylation is 1. The van der Waals surface area contributed by atoms with Crippen molar-refractivity contribution >= 4 is 22.3 Å². The minimum absolute atomic E-state index is 0.0183. The molecule has 9 nitrogen and oxygen atoms in total. The molecule has 3 heterocycles.